The standard InChI is InChI=1S/C27H24ClN2O2S/c28-22-16-18-23(19-17-22)29-25(31)26(20-10-4-1-5-11-20)32-30(24-14-8-3-9-15-24)27(29,33-26)21-12-6-2-7-13-21/h1-2,4-7,10-13,16-19H,3,8-9,14-15H2/q+1/t26-,27+/m1/s1. The van der Waals surface area contributed by atoms with Gasteiger partial charge >= 0.3 is 15.8 Å². The predicted molar refractivity (Wildman–Crippen MR) is 132 cm³/mol. The maximum absolute atomic E-state index is 14.3. The Hall–Kier alpha value is -2.76. The lowest BCUT2D eigenvalue weighted by atomic mass is 9.97. The van der Waals surface area contributed by atoms with Crippen molar-refractivity contribution in [1.29, 1.82) is 0 Å². The lowest BCUT2D eigenvalue weighted by Crippen LogP contribution is -2.57. The Bertz CT molecular complexity index is 1220. The molecule has 2 heterocycles. The molecule has 1 saturated carbocycles. The number of nitrogens with zero attached hydrogens (tertiary/aromatic N) is 2. The molecule has 0 aromatic heterocycles. The van der Waals surface area contributed by atoms with Crippen molar-refractivity contribution >= 4 is 40.7 Å². The summed E-state index contributed by atoms with van der Waals surface area (Å²) in [6, 6.07) is 27.7. The van der Waals surface area contributed by atoms with Crippen LogP contribution >= 0.6 is 23.4 Å². The van der Waals surface area contributed by atoms with Crippen molar-refractivity contribution < 1.29 is 14.4 Å². The van der Waals surface area contributed by atoms with Gasteiger partial charge in [0, 0.05) is 39.9 Å². The number of hydrogen-bond donors (Lipinski definition) is 0. The molecule has 0 spiro atoms. The number of fused-ring (bicyclic) bond motifs is 2. The number of anilines is 1. The van der Waals surface area contributed by atoms with Gasteiger partial charge in [-0.15, -0.1) is 0 Å². The zero-order valence-corrected chi connectivity index (χ0v) is 19.7. The molecule has 2 atom stereocenters. The molecule has 2 bridgehead atoms. The third kappa shape index (κ3) is 3.06. The third-order valence-electron chi connectivity index (χ3n) is 6.68. The number of halogens is 1. The van der Waals surface area contributed by atoms with E-state index in [2.05, 4.69) is 16.9 Å². The Morgan fingerprint density at radius 2 is 1.42 bits per heavy atom. The number of amides is 1. The smallest absolute Gasteiger partial charge is 0.268 e. The van der Waals surface area contributed by atoms with E-state index < -0.39 is 9.93 Å². The van der Waals surface area contributed by atoms with Crippen molar-refractivity contribution in [2.45, 2.75) is 42.0 Å². The van der Waals surface area contributed by atoms with Gasteiger partial charge in [-0.3, -0.25) is 4.79 Å². The quantitative estimate of drug-likeness (QED) is 0.408. The topological polar surface area (TPSA) is 32.6 Å². The third-order valence-corrected chi connectivity index (χ3v) is 8.57. The van der Waals surface area contributed by atoms with Gasteiger partial charge in [0.2, 0.25) is 5.71 Å². The first-order valence-corrected chi connectivity index (χ1v) is 12.6. The van der Waals surface area contributed by atoms with Crippen LogP contribution in [0.5, 0.6) is 0 Å². The molecule has 1 amide bonds. The summed E-state index contributed by atoms with van der Waals surface area (Å²) in [4.78, 5) is 21.0. The van der Waals surface area contributed by atoms with Gasteiger partial charge in [-0.1, -0.05) is 66.6 Å². The van der Waals surface area contributed by atoms with Gasteiger partial charge in [-0.2, -0.15) is 0 Å². The first-order valence-electron chi connectivity index (χ1n) is 11.4. The maximum Gasteiger partial charge on any atom is 0.372 e. The highest BCUT2D eigenvalue weighted by Crippen LogP contribution is 2.66. The van der Waals surface area contributed by atoms with Crippen LogP contribution < -0.4 is 4.90 Å². The van der Waals surface area contributed by atoms with E-state index in [1.165, 1.54) is 12.1 Å². The molecule has 4 nitrogen and oxygen atoms in total. The molecule has 33 heavy (non-hydrogen) atoms. The fourth-order valence-electron chi connectivity index (χ4n) is 5.13. The Morgan fingerprint density at radius 1 is 0.818 bits per heavy atom. The molecule has 6 heteroatoms. The molecule has 0 unspecified atom stereocenters. The summed E-state index contributed by atoms with van der Waals surface area (Å²) in [6.45, 7) is 0. The van der Waals surface area contributed by atoms with E-state index in [9.17, 15) is 4.79 Å². The fraction of sp³-hybridized carbons (Fsp3) is 0.259. The number of carbonyl (C=O) groups excluding carboxylic acids is 1. The van der Waals surface area contributed by atoms with Crippen LogP contribution in [0.3, 0.4) is 0 Å². The predicted octanol–water partition coefficient (Wildman–Crippen LogP) is 6.45. The van der Waals surface area contributed by atoms with Crippen LogP contribution in [0, 0.1) is 0 Å². The maximum atomic E-state index is 14.3. The van der Waals surface area contributed by atoms with Gasteiger partial charge in [0.1, 0.15) is 0 Å². The monoisotopic (exact) mass is 475 g/mol. The first-order chi connectivity index (χ1) is 16.1. The molecular formula is C27H24ClN2O2S+. The van der Waals surface area contributed by atoms with Crippen molar-refractivity contribution in [3.63, 3.8) is 0 Å². The number of hydrogen-bond acceptors (Lipinski definition) is 3. The molecule has 0 N–H and O–H groups in total. The minimum absolute atomic E-state index is 0.0717. The van der Waals surface area contributed by atoms with Crippen LogP contribution in [0.25, 0.3) is 0 Å². The fourth-order valence-corrected chi connectivity index (χ4v) is 6.99. The Kier molecular flexibility index (Phi) is 5.00. The van der Waals surface area contributed by atoms with E-state index in [0.717, 1.165) is 42.5 Å². The molecule has 3 fully saturated rings. The number of hydroxylamine groups is 1. The van der Waals surface area contributed by atoms with E-state index in [1.54, 1.807) is 11.8 Å². The second kappa shape index (κ2) is 7.93. The molecule has 6 rings (SSSR count). The number of thioether (sulfide) groups is 1. The van der Waals surface area contributed by atoms with Crippen molar-refractivity contribution in [1.82, 2.24) is 0 Å². The van der Waals surface area contributed by atoms with Crippen LogP contribution in [0.15, 0.2) is 84.9 Å². The summed E-state index contributed by atoms with van der Waals surface area (Å²) in [5.41, 5.74) is 3.94. The molecule has 3 aliphatic rings. The molecular weight excluding hydrogens is 452 g/mol. The van der Waals surface area contributed by atoms with Crippen LogP contribution in [-0.2, 0) is 19.6 Å². The van der Waals surface area contributed by atoms with E-state index in [1.807, 2.05) is 77.7 Å². The number of benzene rings is 3. The SMILES string of the molecule is O=C1N(c2ccc(Cl)cc2)[C@]2(c3ccccc3)S[C@@]1(c1ccccc1)O[N+]2=C1CCCCC1. The Morgan fingerprint density at radius 3 is 2.06 bits per heavy atom. The van der Waals surface area contributed by atoms with Gasteiger partial charge in [-0.25, -0.2) is 9.74 Å². The normalized spacial score (nSPS) is 26.6. The molecule has 2 aliphatic heterocycles. The number of carbonyl (C=O) groups is 1. The second-order valence-corrected chi connectivity index (χ2v) is 10.5. The molecule has 3 aromatic rings. The summed E-state index contributed by atoms with van der Waals surface area (Å²) in [6.07, 6.45) is 5.45. The highest BCUT2D eigenvalue weighted by Gasteiger charge is 2.80. The molecule has 2 saturated heterocycles. The summed E-state index contributed by atoms with van der Waals surface area (Å²) >= 11 is 7.79. The van der Waals surface area contributed by atoms with E-state index >= 15 is 0 Å². The molecule has 0 radical (unpaired) electrons. The summed E-state index contributed by atoms with van der Waals surface area (Å²) in [7, 11) is 0. The van der Waals surface area contributed by atoms with Gasteiger partial charge in [-0.05, 0) is 49.2 Å². The van der Waals surface area contributed by atoms with Crippen molar-refractivity contribution in [2.75, 3.05) is 4.90 Å². The highest BCUT2D eigenvalue weighted by atomic mass is 35.5. The van der Waals surface area contributed by atoms with Gasteiger partial charge in [0.05, 0.1) is 11.3 Å². The van der Waals surface area contributed by atoms with Gasteiger partial charge in [0.15, 0.2) is 0 Å². The van der Waals surface area contributed by atoms with Crippen LogP contribution in [-0.4, -0.2) is 16.4 Å². The average molecular weight is 476 g/mol. The Balaban J connectivity index is 1.65. The first kappa shape index (κ1) is 20.8. The lowest BCUT2D eigenvalue weighted by molar-refractivity contribution is -0.831. The summed E-state index contributed by atoms with van der Waals surface area (Å²) in [5, 5.41) is 0.643. The van der Waals surface area contributed by atoms with Crippen LogP contribution in [0.1, 0.15) is 43.2 Å². The van der Waals surface area contributed by atoms with E-state index in [4.69, 9.17) is 16.4 Å². The van der Waals surface area contributed by atoms with E-state index in [-0.39, 0.29) is 5.91 Å². The Labute approximate surface area is 202 Å². The zero-order chi connectivity index (χ0) is 22.5. The van der Waals surface area contributed by atoms with Crippen molar-refractivity contribution in [3.05, 3.63) is 101 Å². The highest BCUT2D eigenvalue weighted by molar-refractivity contribution is 8.02. The average Bonchev–Trinajstić information content (AvgIpc) is 3.37. The van der Waals surface area contributed by atoms with E-state index in [0.29, 0.717) is 5.02 Å². The van der Waals surface area contributed by atoms with Crippen molar-refractivity contribution in [3.8, 4) is 0 Å². The van der Waals surface area contributed by atoms with Crippen LogP contribution in [0.2, 0.25) is 5.02 Å². The van der Waals surface area contributed by atoms with Crippen molar-refractivity contribution in [2.24, 2.45) is 0 Å². The second-order valence-electron chi connectivity index (χ2n) is 8.69. The molecule has 3 aromatic carbocycles. The van der Waals surface area contributed by atoms with Gasteiger partial charge in [0.25, 0.3) is 0 Å². The lowest BCUT2D eigenvalue weighted by Gasteiger charge is -2.34. The van der Waals surface area contributed by atoms with Crippen LogP contribution in [0.4, 0.5) is 5.69 Å². The molecule has 1 aliphatic carbocycles. The molecule has 166 valence electrons. The van der Waals surface area contributed by atoms with Gasteiger partial charge < -0.3 is 0 Å². The largest absolute Gasteiger partial charge is 0.372 e. The summed E-state index contributed by atoms with van der Waals surface area (Å²) in [5.74, 6) is -0.0717. The minimum atomic E-state index is -1.15. The minimum Gasteiger partial charge on any atom is -0.268 e. The number of rotatable bonds is 3. The summed E-state index contributed by atoms with van der Waals surface area (Å²) < 4.78 is 2.06. The zero-order valence-electron chi connectivity index (χ0n) is 18.1.